The van der Waals surface area contributed by atoms with Gasteiger partial charge >= 0.3 is 5.97 Å². The quantitative estimate of drug-likeness (QED) is 0.0197. The number of unbranched alkanes of at least 4 members (excludes halogenated alkanes) is 11. The maximum absolute atomic E-state index is 12.8. The average molecular weight is 1000 g/mol. The van der Waals surface area contributed by atoms with Crippen LogP contribution in [0.1, 0.15) is 181 Å². The van der Waals surface area contributed by atoms with Crippen LogP contribution in [0.25, 0.3) is 0 Å². The van der Waals surface area contributed by atoms with Crippen LogP contribution in [0.3, 0.4) is 0 Å². The number of quaternary nitrogens is 1. The Morgan fingerprint density at radius 1 is 0.437 bits per heavy atom. The van der Waals surface area contributed by atoms with E-state index in [1.807, 2.05) is 21.1 Å². The Balaban J connectivity index is 4.25. The third kappa shape index (κ3) is 57.2. The molecule has 0 amide bonds. The lowest BCUT2D eigenvalue weighted by atomic mass is 10.1. The lowest BCUT2D eigenvalue weighted by Gasteiger charge is -2.28. The molecule has 0 spiro atoms. The van der Waals surface area contributed by atoms with Crippen molar-refractivity contribution in [2.24, 2.45) is 0 Å². The van der Waals surface area contributed by atoms with Crippen LogP contribution in [0.15, 0.2) is 146 Å². The van der Waals surface area contributed by atoms with Crippen molar-refractivity contribution in [3.8, 4) is 0 Å². The molecule has 0 aliphatic heterocycles. The van der Waals surface area contributed by atoms with E-state index >= 15 is 0 Å². The number of carbonyl (C=O) groups excluding carboxylic acids is 1. The molecular formula is C62H102NO7P. The van der Waals surface area contributed by atoms with Gasteiger partial charge in [-0.25, -0.2) is 0 Å². The summed E-state index contributed by atoms with van der Waals surface area (Å²) in [4.78, 5) is 25.2. The summed E-state index contributed by atoms with van der Waals surface area (Å²) >= 11 is 0. The summed E-state index contributed by atoms with van der Waals surface area (Å²) in [6.07, 6.45) is 78.8. The number of rotatable bonds is 49. The molecule has 0 aliphatic carbocycles. The zero-order chi connectivity index (χ0) is 51.9. The van der Waals surface area contributed by atoms with Crippen LogP contribution in [-0.2, 0) is 27.9 Å². The van der Waals surface area contributed by atoms with Crippen LogP contribution in [0.4, 0.5) is 0 Å². The van der Waals surface area contributed by atoms with Crippen molar-refractivity contribution in [1.82, 2.24) is 0 Å². The molecule has 0 aliphatic rings. The minimum absolute atomic E-state index is 0.00873. The highest BCUT2D eigenvalue weighted by molar-refractivity contribution is 7.45. The predicted molar refractivity (Wildman–Crippen MR) is 304 cm³/mol. The second kappa shape index (κ2) is 52.7. The zero-order valence-corrected chi connectivity index (χ0v) is 46.5. The Morgan fingerprint density at radius 3 is 1.15 bits per heavy atom. The largest absolute Gasteiger partial charge is 0.756 e. The first-order valence-corrected chi connectivity index (χ1v) is 29.0. The van der Waals surface area contributed by atoms with Crippen molar-refractivity contribution in [2.45, 2.75) is 187 Å². The maximum atomic E-state index is 12.8. The van der Waals surface area contributed by atoms with E-state index in [1.165, 1.54) is 19.3 Å². The van der Waals surface area contributed by atoms with Crippen molar-refractivity contribution >= 4 is 13.8 Å². The lowest BCUT2D eigenvalue weighted by molar-refractivity contribution is -0.870. The van der Waals surface area contributed by atoms with E-state index in [1.54, 1.807) is 0 Å². The van der Waals surface area contributed by atoms with E-state index in [-0.39, 0.29) is 32.2 Å². The van der Waals surface area contributed by atoms with Gasteiger partial charge in [-0.05, 0) is 116 Å². The van der Waals surface area contributed by atoms with Gasteiger partial charge in [0, 0.05) is 13.0 Å². The van der Waals surface area contributed by atoms with Crippen molar-refractivity contribution in [3.63, 3.8) is 0 Å². The fourth-order valence-corrected chi connectivity index (χ4v) is 7.46. The Hall–Kier alpha value is -3.62. The number of hydrogen-bond donors (Lipinski definition) is 0. The molecule has 0 aromatic rings. The molecular weight excluding hydrogens is 902 g/mol. The number of hydrogen-bond acceptors (Lipinski definition) is 7. The van der Waals surface area contributed by atoms with E-state index in [4.69, 9.17) is 18.5 Å². The van der Waals surface area contributed by atoms with Crippen LogP contribution in [0, 0.1) is 0 Å². The lowest BCUT2D eigenvalue weighted by Crippen LogP contribution is -2.37. The van der Waals surface area contributed by atoms with Crippen LogP contribution in [0.5, 0.6) is 0 Å². The van der Waals surface area contributed by atoms with Gasteiger partial charge < -0.3 is 27.9 Å². The van der Waals surface area contributed by atoms with Gasteiger partial charge in [0.1, 0.15) is 19.3 Å². The Morgan fingerprint density at radius 2 is 0.775 bits per heavy atom. The first-order chi connectivity index (χ1) is 34.6. The first kappa shape index (κ1) is 67.4. The predicted octanol–water partition coefficient (Wildman–Crippen LogP) is 17.0. The van der Waals surface area contributed by atoms with Crippen molar-refractivity contribution in [3.05, 3.63) is 146 Å². The van der Waals surface area contributed by atoms with Crippen molar-refractivity contribution in [2.75, 3.05) is 54.1 Å². The van der Waals surface area contributed by atoms with E-state index in [0.717, 1.165) is 141 Å². The summed E-state index contributed by atoms with van der Waals surface area (Å²) < 4.78 is 34.8. The van der Waals surface area contributed by atoms with Crippen molar-refractivity contribution < 1.29 is 37.3 Å². The van der Waals surface area contributed by atoms with Gasteiger partial charge in [-0.15, -0.1) is 0 Å². The normalized spacial score (nSPS) is 14.6. The molecule has 0 saturated carbocycles. The fourth-order valence-electron chi connectivity index (χ4n) is 6.73. The zero-order valence-electron chi connectivity index (χ0n) is 45.6. The van der Waals surface area contributed by atoms with E-state index in [2.05, 4.69) is 160 Å². The van der Waals surface area contributed by atoms with Crippen LogP contribution in [0.2, 0.25) is 0 Å². The molecule has 402 valence electrons. The molecule has 8 nitrogen and oxygen atoms in total. The number of ether oxygens (including phenoxy) is 2. The molecule has 0 saturated heterocycles. The number of phosphoric acid groups is 1. The summed E-state index contributed by atoms with van der Waals surface area (Å²) in [6, 6.07) is 0. The van der Waals surface area contributed by atoms with Gasteiger partial charge in [-0.3, -0.25) is 9.36 Å². The third-order valence-electron chi connectivity index (χ3n) is 10.9. The molecule has 0 fully saturated rings. The molecule has 0 aromatic heterocycles. The molecule has 0 radical (unpaired) electrons. The van der Waals surface area contributed by atoms with E-state index < -0.39 is 13.9 Å². The SMILES string of the molecule is CC/C=C\C/C=C\C/C=C\C/C=C\C/C=C\C/C=C\C/C=C\CCCCCCOCC(COP(=O)([O-])OCC[N+](C)(C)C)OC(=O)CCCCCCCCC/C=C\C/C=C\C/C=C\C/C=C\C/C=C\CC. The Labute approximate surface area is 436 Å². The smallest absolute Gasteiger partial charge is 0.306 e. The summed E-state index contributed by atoms with van der Waals surface area (Å²) in [5.41, 5.74) is 0. The van der Waals surface area contributed by atoms with Crippen LogP contribution in [-0.4, -0.2) is 70.7 Å². The third-order valence-corrected chi connectivity index (χ3v) is 11.9. The van der Waals surface area contributed by atoms with E-state index in [0.29, 0.717) is 17.6 Å². The molecule has 0 aromatic carbocycles. The van der Waals surface area contributed by atoms with Gasteiger partial charge in [0.15, 0.2) is 0 Å². The summed E-state index contributed by atoms with van der Waals surface area (Å²) in [6.45, 7) is 5.07. The highest BCUT2D eigenvalue weighted by Crippen LogP contribution is 2.38. The average Bonchev–Trinajstić information content (AvgIpc) is 3.33. The minimum atomic E-state index is -4.56. The maximum Gasteiger partial charge on any atom is 0.306 e. The Bertz CT molecular complexity index is 1640. The van der Waals surface area contributed by atoms with Gasteiger partial charge in [-0.1, -0.05) is 205 Å². The minimum Gasteiger partial charge on any atom is -0.756 e. The molecule has 2 unspecified atom stereocenters. The van der Waals surface area contributed by atoms with Crippen LogP contribution < -0.4 is 4.89 Å². The highest BCUT2D eigenvalue weighted by Gasteiger charge is 2.20. The summed E-state index contributed by atoms with van der Waals surface area (Å²) in [7, 11) is 1.30. The van der Waals surface area contributed by atoms with Gasteiger partial charge in [0.05, 0.1) is 34.4 Å². The highest BCUT2D eigenvalue weighted by atomic mass is 31.2. The number of carbonyl (C=O) groups is 1. The summed E-state index contributed by atoms with van der Waals surface area (Å²) in [5, 5.41) is 0. The molecule has 2 atom stereocenters. The van der Waals surface area contributed by atoms with Crippen LogP contribution >= 0.6 is 7.82 Å². The second-order valence-electron chi connectivity index (χ2n) is 18.8. The molecule has 0 heterocycles. The molecule has 71 heavy (non-hydrogen) atoms. The standard InChI is InChI=1S/C62H102NO7P/c1-6-8-10-12-14-16-18-20-22-24-26-28-30-31-32-34-36-38-40-42-44-46-48-50-52-54-57-67-59-61(60-69-71(65,66)68-58-56-63(3,4)5)70-62(64)55-53-51-49-47-45-43-41-39-37-35-33-29-27-25-23-21-19-17-15-13-11-9-7-2/h8-11,14-17,20-23,26-29,31-32,35-38,42,44,61H,6-7,12-13,18-19,24-25,30,33-34,39-41,43,45-60H2,1-5H3/b10-8-,11-9-,16-14-,17-15-,22-20-,23-21-,28-26-,29-27-,32-31-,37-35-,38-36-,44-42-. The fraction of sp³-hybridized carbons (Fsp3) is 0.597. The Kier molecular flexibility index (Phi) is 50.0. The molecule has 0 bridgehead atoms. The molecule has 0 rings (SSSR count). The van der Waals surface area contributed by atoms with Gasteiger partial charge in [-0.2, -0.15) is 0 Å². The van der Waals surface area contributed by atoms with Gasteiger partial charge in [0.25, 0.3) is 7.82 Å². The number of phosphoric ester groups is 1. The summed E-state index contributed by atoms with van der Waals surface area (Å²) in [5.74, 6) is -0.361. The number of esters is 1. The topological polar surface area (TPSA) is 94.1 Å². The molecule has 9 heteroatoms. The van der Waals surface area contributed by atoms with E-state index in [9.17, 15) is 14.3 Å². The van der Waals surface area contributed by atoms with Gasteiger partial charge in [0.2, 0.25) is 0 Å². The molecule has 0 N–H and O–H groups in total. The number of likely N-dealkylation sites (N-methyl/N-ethyl adjacent to an activating group) is 1. The second-order valence-corrected chi connectivity index (χ2v) is 20.2. The first-order valence-electron chi connectivity index (χ1n) is 27.6. The van der Waals surface area contributed by atoms with Crippen molar-refractivity contribution in [1.29, 1.82) is 0 Å². The number of nitrogens with zero attached hydrogens (tertiary/aromatic N) is 1. The monoisotopic (exact) mass is 1000 g/mol. The number of allylic oxidation sites excluding steroid dienone is 24.